The first-order chi connectivity index (χ1) is 9.17. The number of thiocarbonyl (C=S) groups is 1. The molecule has 0 radical (unpaired) electrons. The lowest BCUT2D eigenvalue weighted by molar-refractivity contribution is 0.0819. The Labute approximate surface area is 124 Å². The molecule has 1 aliphatic heterocycles. The van der Waals surface area contributed by atoms with E-state index >= 15 is 0 Å². The van der Waals surface area contributed by atoms with Crippen molar-refractivity contribution in [2.45, 2.75) is 23.8 Å². The van der Waals surface area contributed by atoms with Crippen LogP contribution in [0.2, 0.25) is 0 Å². The van der Waals surface area contributed by atoms with Gasteiger partial charge in [0.25, 0.3) is 0 Å². The van der Waals surface area contributed by atoms with Crippen LogP contribution in [0.1, 0.15) is 18.4 Å². The number of benzene rings is 1. The van der Waals surface area contributed by atoms with Gasteiger partial charge in [-0.1, -0.05) is 18.3 Å². The number of ether oxygens (including phenoxy) is 1. The van der Waals surface area contributed by atoms with E-state index in [2.05, 4.69) is 29.4 Å². The minimum Gasteiger partial charge on any atom is -0.389 e. The summed E-state index contributed by atoms with van der Waals surface area (Å²) in [4.78, 5) is 4.00. The highest BCUT2D eigenvalue weighted by Crippen LogP contribution is 2.31. The zero-order valence-electron chi connectivity index (χ0n) is 11.4. The number of thioether (sulfide) groups is 1. The van der Waals surface area contributed by atoms with Crippen LogP contribution in [0.15, 0.2) is 23.1 Å². The number of rotatable bonds is 4. The predicted octanol–water partition coefficient (Wildman–Crippen LogP) is 2.66. The fraction of sp³-hybridized carbons (Fsp3) is 0.500. The molecule has 1 fully saturated rings. The highest BCUT2D eigenvalue weighted by molar-refractivity contribution is 7.98. The Morgan fingerprint density at radius 1 is 1.42 bits per heavy atom. The zero-order chi connectivity index (χ0) is 13.8. The first kappa shape index (κ1) is 14.6. The number of nitrogens with two attached hydrogens (primary N) is 1. The Morgan fingerprint density at radius 3 is 2.63 bits per heavy atom. The molecule has 1 aromatic carbocycles. The molecule has 0 bridgehead atoms. The van der Waals surface area contributed by atoms with Gasteiger partial charge in [-0.2, -0.15) is 0 Å². The molecule has 19 heavy (non-hydrogen) atoms. The topological polar surface area (TPSA) is 38.5 Å². The first-order valence-electron chi connectivity index (χ1n) is 6.42. The summed E-state index contributed by atoms with van der Waals surface area (Å²) in [6, 6.07) is 6.26. The average Bonchev–Trinajstić information content (AvgIpc) is 2.46. The van der Waals surface area contributed by atoms with E-state index in [1.165, 1.54) is 0 Å². The summed E-state index contributed by atoms with van der Waals surface area (Å²) in [6.07, 6.45) is 4.54. The van der Waals surface area contributed by atoms with Gasteiger partial charge >= 0.3 is 0 Å². The van der Waals surface area contributed by atoms with Gasteiger partial charge in [-0.15, -0.1) is 11.8 Å². The van der Waals surface area contributed by atoms with E-state index < -0.39 is 0 Å². The van der Waals surface area contributed by atoms with Crippen LogP contribution >= 0.6 is 24.0 Å². The molecule has 0 saturated carbocycles. The molecular formula is C14H20N2OS2. The molecular weight excluding hydrogens is 276 g/mol. The quantitative estimate of drug-likeness (QED) is 0.683. The molecule has 0 unspecified atom stereocenters. The molecule has 1 saturated heterocycles. The highest BCUT2D eigenvalue weighted by Gasteiger charge is 2.22. The second-order valence-electron chi connectivity index (χ2n) is 4.64. The maximum atomic E-state index is 5.92. The number of hydrogen-bond acceptors (Lipinski definition) is 4. The van der Waals surface area contributed by atoms with Gasteiger partial charge in [0.2, 0.25) is 0 Å². The summed E-state index contributed by atoms with van der Waals surface area (Å²) in [5.41, 5.74) is 8.09. The van der Waals surface area contributed by atoms with E-state index in [9.17, 15) is 0 Å². The van der Waals surface area contributed by atoms with Crippen LogP contribution in [-0.2, 0) is 4.74 Å². The fourth-order valence-corrected chi connectivity index (χ4v) is 3.45. The lowest BCUT2D eigenvalue weighted by Gasteiger charge is -2.34. The average molecular weight is 296 g/mol. The third-order valence-electron chi connectivity index (χ3n) is 3.59. The third kappa shape index (κ3) is 3.22. The van der Waals surface area contributed by atoms with Crippen molar-refractivity contribution in [3.05, 3.63) is 23.8 Å². The van der Waals surface area contributed by atoms with E-state index in [0.717, 1.165) is 42.1 Å². The van der Waals surface area contributed by atoms with Crippen molar-refractivity contribution in [1.82, 2.24) is 0 Å². The molecule has 3 nitrogen and oxygen atoms in total. The summed E-state index contributed by atoms with van der Waals surface area (Å²) in [7, 11) is 1.79. The van der Waals surface area contributed by atoms with E-state index in [4.69, 9.17) is 22.7 Å². The first-order valence-corrected chi connectivity index (χ1v) is 8.05. The molecule has 0 atom stereocenters. The maximum Gasteiger partial charge on any atom is 0.107 e. The smallest absolute Gasteiger partial charge is 0.107 e. The molecule has 1 heterocycles. The Balaban J connectivity index is 2.27. The monoisotopic (exact) mass is 296 g/mol. The van der Waals surface area contributed by atoms with Gasteiger partial charge in [0.05, 0.1) is 6.10 Å². The van der Waals surface area contributed by atoms with Crippen molar-refractivity contribution in [2.24, 2.45) is 5.73 Å². The molecule has 2 rings (SSSR count). The normalized spacial score (nSPS) is 16.6. The Morgan fingerprint density at radius 2 is 2.11 bits per heavy atom. The van der Waals surface area contributed by atoms with Crippen LogP contribution in [0.3, 0.4) is 0 Å². The van der Waals surface area contributed by atoms with Crippen LogP contribution in [0.4, 0.5) is 5.69 Å². The van der Waals surface area contributed by atoms with Gasteiger partial charge in [0.1, 0.15) is 4.99 Å². The number of hydrogen-bond donors (Lipinski definition) is 1. The van der Waals surface area contributed by atoms with Crippen LogP contribution in [-0.4, -0.2) is 37.5 Å². The van der Waals surface area contributed by atoms with E-state index in [-0.39, 0.29) is 0 Å². The van der Waals surface area contributed by atoms with Gasteiger partial charge < -0.3 is 15.4 Å². The fourth-order valence-electron chi connectivity index (χ4n) is 2.53. The van der Waals surface area contributed by atoms with Gasteiger partial charge in [-0.05, 0) is 31.2 Å². The van der Waals surface area contributed by atoms with Gasteiger partial charge in [0, 0.05) is 36.3 Å². The highest BCUT2D eigenvalue weighted by atomic mass is 32.2. The minimum absolute atomic E-state index is 0.383. The predicted molar refractivity (Wildman–Crippen MR) is 86.4 cm³/mol. The molecule has 0 spiro atoms. The lowest BCUT2D eigenvalue weighted by Crippen LogP contribution is -2.37. The van der Waals surface area contributed by atoms with Crippen molar-refractivity contribution in [3.63, 3.8) is 0 Å². The minimum atomic E-state index is 0.383. The van der Waals surface area contributed by atoms with E-state index in [1.54, 1.807) is 18.9 Å². The van der Waals surface area contributed by atoms with Crippen LogP contribution < -0.4 is 10.6 Å². The van der Waals surface area contributed by atoms with Crippen LogP contribution in [0, 0.1) is 0 Å². The summed E-state index contributed by atoms with van der Waals surface area (Å²) >= 11 is 6.92. The SMILES string of the molecule is COC1CCN(c2cccc(SC)c2C(N)=S)CC1. The molecule has 1 aromatic rings. The maximum absolute atomic E-state index is 5.92. The molecule has 0 aromatic heterocycles. The summed E-state index contributed by atoms with van der Waals surface area (Å²) in [5.74, 6) is 0. The number of piperidine rings is 1. The number of methoxy groups -OCH3 is 1. The third-order valence-corrected chi connectivity index (χ3v) is 4.57. The van der Waals surface area contributed by atoms with E-state index in [1.807, 2.05) is 0 Å². The van der Waals surface area contributed by atoms with Crippen molar-refractivity contribution in [3.8, 4) is 0 Å². The molecule has 2 N–H and O–H groups in total. The van der Waals surface area contributed by atoms with Crippen molar-refractivity contribution in [1.29, 1.82) is 0 Å². The molecule has 5 heteroatoms. The largest absolute Gasteiger partial charge is 0.389 e. The van der Waals surface area contributed by atoms with Crippen molar-refractivity contribution < 1.29 is 4.74 Å². The number of nitrogens with zero attached hydrogens (tertiary/aromatic N) is 1. The summed E-state index contributed by atoms with van der Waals surface area (Å²) < 4.78 is 5.42. The molecule has 1 aliphatic rings. The summed E-state index contributed by atoms with van der Waals surface area (Å²) in [6.45, 7) is 1.98. The Bertz CT molecular complexity index is 457. The molecule has 0 amide bonds. The van der Waals surface area contributed by atoms with Crippen LogP contribution in [0.25, 0.3) is 0 Å². The van der Waals surface area contributed by atoms with Gasteiger partial charge in [0.15, 0.2) is 0 Å². The molecule has 0 aliphatic carbocycles. The molecule has 104 valence electrons. The summed E-state index contributed by atoms with van der Waals surface area (Å²) in [5, 5.41) is 0. The zero-order valence-corrected chi connectivity index (χ0v) is 13.0. The van der Waals surface area contributed by atoms with Crippen molar-refractivity contribution >= 4 is 34.7 Å². The van der Waals surface area contributed by atoms with Crippen molar-refractivity contribution in [2.75, 3.05) is 31.4 Å². The number of anilines is 1. The second kappa shape index (κ2) is 6.59. The van der Waals surface area contributed by atoms with Gasteiger partial charge in [-0.25, -0.2) is 0 Å². The standard InChI is InChI=1S/C14H20N2OS2/c1-17-10-6-8-16(9-7-10)11-4-3-5-12(19-2)13(11)14(15)18/h3-5,10H,6-9H2,1-2H3,(H2,15,18). The Hall–Kier alpha value is -0.780. The lowest BCUT2D eigenvalue weighted by atomic mass is 10.0. The Kier molecular flexibility index (Phi) is 5.07. The second-order valence-corrected chi connectivity index (χ2v) is 5.93. The van der Waals surface area contributed by atoms with E-state index in [0.29, 0.717) is 11.1 Å². The van der Waals surface area contributed by atoms with Crippen LogP contribution in [0.5, 0.6) is 0 Å². The van der Waals surface area contributed by atoms with Gasteiger partial charge in [-0.3, -0.25) is 0 Å².